The van der Waals surface area contributed by atoms with Gasteiger partial charge in [-0.05, 0) is 32.2 Å². The first kappa shape index (κ1) is 25.7. The highest BCUT2D eigenvalue weighted by atomic mass is 19.3. The van der Waals surface area contributed by atoms with E-state index >= 15 is 4.39 Å². The normalized spacial score (nSPS) is 28.2. The second-order valence-electron chi connectivity index (χ2n) is 10.3. The van der Waals surface area contributed by atoms with Crippen molar-refractivity contribution >= 4 is 11.6 Å². The number of amides is 1. The molecule has 2 aliphatic heterocycles. The molecular formula is C26H30F4N4O3. The Labute approximate surface area is 211 Å². The van der Waals surface area contributed by atoms with Crippen LogP contribution in [-0.4, -0.2) is 60.9 Å². The molecule has 1 aliphatic carbocycles. The highest BCUT2D eigenvalue weighted by molar-refractivity contribution is 5.98. The van der Waals surface area contributed by atoms with Gasteiger partial charge >= 0.3 is 0 Å². The van der Waals surface area contributed by atoms with Gasteiger partial charge in [0.05, 0.1) is 35.5 Å². The fraction of sp³-hybridized carbons (Fsp3) is 0.538. The van der Waals surface area contributed by atoms with Crippen molar-refractivity contribution in [2.45, 2.75) is 44.1 Å². The molecule has 0 spiro atoms. The van der Waals surface area contributed by atoms with Gasteiger partial charge < -0.3 is 24.8 Å². The number of fused-ring (bicyclic) bond motifs is 1. The van der Waals surface area contributed by atoms with Crippen LogP contribution < -0.4 is 16.2 Å². The molecule has 3 aliphatic rings. The number of hydrogen-bond donors (Lipinski definition) is 1. The standard InChI is InChI=1S/C26H30F4N4O3/c1-13(14-4-3-5-15(23(14)28)25(29)30)34(24-16-9-32(2)10-17(16)24)21-8-22(35)33(11-18(21)26(31)36)20-6-7-37-12-19(20)27/h3-5,8,11,13,16-17,19-20,24-25H,6-7,9-10,12H2,1-2H3,(H2,31,36)/t13-,16?,17?,19-,20-,24?/m1/s1. The Balaban J connectivity index is 1.62. The maximum absolute atomic E-state index is 15.2. The topological polar surface area (TPSA) is 80.8 Å². The largest absolute Gasteiger partial charge is 0.378 e. The number of alkyl halides is 3. The molecule has 11 heteroatoms. The molecule has 200 valence electrons. The first-order valence-electron chi connectivity index (χ1n) is 12.4. The zero-order valence-electron chi connectivity index (χ0n) is 20.6. The highest BCUT2D eigenvalue weighted by Gasteiger charge is 2.59. The van der Waals surface area contributed by atoms with Crippen molar-refractivity contribution < 1.29 is 27.1 Å². The Morgan fingerprint density at radius 1 is 1.22 bits per heavy atom. The zero-order valence-corrected chi connectivity index (χ0v) is 20.6. The van der Waals surface area contributed by atoms with Gasteiger partial charge in [0.1, 0.15) is 12.0 Å². The first-order chi connectivity index (χ1) is 17.6. The fourth-order valence-electron chi connectivity index (χ4n) is 6.16. The third-order valence-corrected chi connectivity index (χ3v) is 8.03. The summed E-state index contributed by atoms with van der Waals surface area (Å²) in [4.78, 5) is 29.9. The number of anilines is 1. The summed E-state index contributed by atoms with van der Waals surface area (Å²) in [6.45, 7) is 3.32. The van der Waals surface area contributed by atoms with E-state index in [1.165, 1.54) is 29.0 Å². The molecular weight excluding hydrogens is 492 g/mol. The van der Waals surface area contributed by atoms with E-state index in [1.54, 1.807) is 11.8 Å². The minimum atomic E-state index is -2.99. The summed E-state index contributed by atoms with van der Waals surface area (Å²) in [7, 11) is 1.99. The minimum absolute atomic E-state index is 0.00566. The highest BCUT2D eigenvalue weighted by Crippen LogP contribution is 2.52. The van der Waals surface area contributed by atoms with E-state index in [-0.39, 0.29) is 54.3 Å². The van der Waals surface area contributed by atoms with Gasteiger partial charge in [-0.25, -0.2) is 17.6 Å². The van der Waals surface area contributed by atoms with Gasteiger partial charge in [0, 0.05) is 43.6 Å². The Morgan fingerprint density at radius 2 is 1.89 bits per heavy atom. The molecule has 5 rings (SSSR count). The van der Waals surface area contributed by atoms with Crippen LogP contribution in [0.1, 0.15) is 53.3 Å². The van der Waals surface area contributed by atoms with Crippen LogP contribution in [0.5, 0.6) is 0 Å². The fourth-order valence-corrected chi connectivity index (χ4v) is 6.16. The third kappa shape index (κ3) is 4.52. The summed E-state index contributed by atoms with van der Waals surface area (Å²) in [5, 5.41) is 0. The smallest absolute Gasteiger partial charge is 0.266 e. The Hall–Kier alpha value is -2.92. The van der Waals surface area contributed by atoms with Gasteiger partial charge in [-0.15, -0.1) is 0 Å². The summed E-state index contributed by atoms with van der Waals surface area (Å²) >= 11 is 0. The number of piperidine rings is 1. The number of benzene rings is 1. The van der Waals surface area contributed by atoms with Gasteiger partial charge in [-0.3, -0.25) is 9.59 Å². The zero-order chi connectivity index (χ0) is 26.6. The monoisotopic (exact) mass is 522 g/mol. The average Bonchev–Trinajstić information content (AvgIpc) is 3.32. The van der Waals surface area contributed by atoms with Crippen molar-refractivity contribution in [3.05, 3.63) is 63.3 Å². The van der Waals surface area contributed by atoms with Gasteiger partial charge in [-0.1, -0.05) is 18.2 Å². The number of aromatic nitrogens is 1. The molecule has 2 N–H and O–H groups in total. The van der Waals surface area contributed by atoms with Crippen LogP contribution in [0.3, 0.4) is 0 Å². The first-order valence-corrected chi connectivity index (χ1v) is 12.4. The molecule has 5 atom stereocenters. The van der Waals surface area contributed by atoms with Crippen molar-refractivity contribution in [1.29, 1.82) is 0 Å². The number of carbonyl (C=O) groups excluding carboxylic acids is 1. The molecule has 3 fully saturated rings. The van der Waals surface area contributed by atoms with Crippen LogP contribution in [0.2, 0.25) is 0 Å². The molecule has 37 heavy (non-hydrogen) atoms. The molecule has 7 nitrogen and oxygen atoms in total. The number of nitrogens with zero attached hydrogens (tertiary/aromatic N) is 3. The second-order valence-corrected chi connectivity index (χ2v) is 10.3. The third-order valence-electron chi connectivity index (χ3n) is 8.03. The number of hydrogen-bond acceptors (Lipinski definition) is 5. The van der Waals surface area contributed by atoms with Crippen LogP contribution >= 0.6 is 0 Å². The van der Waals surface area contributed by atoms with Crippen molar-refractivity contribution in [3.63, 3.8) is 0 Å². The van der Waals surface area contributed by atoms with Crippen LogP contribution in [0.4, 0.5) is 23.2 Å². The Kier molecular flexibility index (Phi) is 6.78. The number of ether oxygens (including phenoxy) is 1. The Morgan fingerprint density at radius 3 is 2.51 bits per heavy atom. The van der Waals surface area contributed by atoms with Crippen molar-refractivity contribution in [2.24, 2.45) is 17.6 Å². The number of primary amides is 1. The van der Waals surface area contributed by atoms with E-state index in [9.17, 15) is 22.8 Å². The van der Waals surface area contributed by atoms with Gasteiger partial charge in [0.2, 0.25) is 0 Å². The lowest BCUT2D eigenvalue weighted by atomic mass is 10.00. The predicted octanol–water partition coefficient (Wildman–Crippen LogP) is 3.45. The second kappa shape index (κ2) is 9.75. The lowest BCUT2D eigenvalue weighted by Gasteiger charge is -2.36. The van der Waals surface area contributed by atoms with E-state index in [2.05, 4.69) is 4.90 Å². The van der Waals surface area contributed by atoms with E-state index in [1.807, 2.05) is 7.05 Å². The number of likely N-dealkylation sites (tertiary alicyclic amines) is 1. The number of halogens is 4. The summed E-state index contributed by atoms with van der Waals surface area (Å²) in [5.74, 6) is -1.45. The molecule has 2 unspecified atom stereocenters. The summed E-state index contributed by atoms with van der Waals surface area (Å²) < 4.78 is 63.1. The summed E-state index contributed by atoms with van der Waals surface area (Å²) in [6.07, 6.45) is -2.90. The van der Waals surface area contributed by atoms with Gasteiger partial charge in [0.25, 0.3) is 17.9 Å². The van der Waals surface area contributed by atoms with Gasteiger partial charge in [0.15, 0.2) is 0 Å². The number of pyridine rings is 1. The van der Waals surface area contributed by atoms with E-state index < -0.39 is 47.5 Å². The predicted molar refractivity (Wildman–Crippen MR) is 129 cm³/mol. The molecule has 0 bridgehead atoms. The lowest BCUT2D eigenvalue weighted by molar-refractivity contribution is 0.00232. The van der Waals surface area contributed by atoms with Crippen molar-refractivity contribution in [2.75, 3.05) is 38.3 Å². The molecule has 1 saturated carbocycles. The average molecular weight is 523 g/mol. The maximum Gasteiger partial charge on any atom is 0.266 e. The van der Waals surface area contributed by atoms with Crippen molar-refractivity contribution in [3.8, 4) is 0 Å². The quantitative estimate of drug-likeness (QED) is 0.564. The lowest BCUT2D eigenvalue weighted by Crippen LogP contribution is -2.41. The SMILES string of the molecule is C[C@H](c1cccc(C(F)F)c1F)N(c1cc(=O)n([C@@H]2CCOC[C@H]2F)cc1C(N)=O)C1C2CN(C)CC21. The van der Waals surface area contributed by atoms with E-state index in [0.717, 1.165) is 19.2 Å². The number of nitrogens with two attached hydrogens (primary N) is 1. The van der Waals surface area contributed by atoms with E-state index in [4.69, 9.17) is 10.5 Å². The number of carbonyl (C=O) groups is 1. The molecule has 0 radical (unpaired) electrons. The molecule has 2 aromatic rings. The number of rotatable bonds is 7. The van der Waals surface area contributed by atoms with Crippen molar-refractivity contribution in [1.82, 2.24) is 9.47 Å². The van der Waals surface area contributed by atoms with Crippen LogP contribution in [-0.2, 0) is 4.74 Å². The van der Waals surface area contributed by atoms with E-state index in [0.29, 0.717) is 0 Å². The molecule has 1 amide bonds. The maximum atomic E-state index is 15.2. The Bertz CT molecular complexity index is 1240. The molecule has 1 aromatic heterocycles. The van der Waals surface area contributed by atoms with Crippen LogP contribution in [0.25, 0.3) is 0 Å². The van der Waals surface area contributed by atoms with Crippen LogP contribution in [0.15, 0.2) is 35.3 Å². The summed E-state index contributed by atoms with van der Waals surface area (Å²) in [5.41, 5.74) is 4.73. The van der Waals surface area contributed by atoms with Gasteiger partial charge in [-0.2, -0.15) is 0 Å². The molecule has 3 heterocycles. The molecule has 1 aromatic carbocycles. The van der Waals surface area contributed by atoms with Crippen LogP contribution in [0, 0.1) is 17.7 Å². The summed E-state index contributed by atoms with van der Waals surface area (Å²) in [6, 6.07) is 3.34. The minimum Gasteiger partial charge on any atom is -0.378 e. The molecule has 2 saturated heterocycles.